The number of para-hydroxylation sites is 1. The van der Waals surface area contributed by atoms with E-state index in [1.165, 1.54) is 4.31 Å². The number of carbonyl (C=O) groups excluding carboxylic acids is 1. The highest BCUT2D eigenvalue weighted by Crippen LogP contribution is 2.26. The van der Waals surface area contributed by atoms with Crippen molar-refractivity contribution >= 4 is 33.2 Å². The molecule has 154 valence electrons. The Bertz CT molecular complexity index is 980. The van der Waals surface area contributed by atoms with Gasteiger partial charge in [0, 0.05) is 44.8 Å². The molecule has 2 aromatic rings. The van der Waals surface area contributed by atoms with E-state index in [0.717, 1.165) is 18.5 Å². The van der Waals surface area contributed by atoms with Crippen molar-refractivity contribution in [1.82, 2.24) is 9.21 Å². The normalized spacial score (nSPS) is 18.2. The molecule has 0 radical (unpaired) electrons. The van der Waals surface area contributed by atoms with Crippen molar-refractivity contribution in [3.63, 3.8) is 0 Å². The molecule has 0 bridgehead atoms. The minimum Gasteiger partial charge on any atom is -0.367 e. The topological polar surface area (TPSA) is 60.9 Å². The van der Waals surface area contributed by atoms with Crippen LogP contribution in [-0.2, 0) is 10.0 Å². The zero-order valence-electron chi connectivity index (χ0n) is 16.1. The van der Waals surface area contributed by atoms with Crippen molar-refractivity contribution in [2.45, 2.75) is 17.7 Å². The van der Waals surface area contributed by atoms with Gasteiger partial charge >= 0.3 is 0 Å². The maximum absolute atomic E-state index is 12.8. The molecule has 2 heterocycles. The lowest BCUT2D eigenvalue weighted by atomic mass is 10.1. The van der Waals surface area contributed by atoms with Gasteiger partial charge in [-0.2, -0.15) is 4.31 Å². The number of hydrogen-bond donors (Lipinski definition) is 0. The Morgan fingerprint density at radius 3 is 2.07 bits per heavy atom. The lowest BCUT2D eigenvalue weighted by molar-refractivity contribution is 0.0746. The highest BCUT2D eigenvalue weighted by molar-refractivity contribution is 7.89. The summed E-state index contributed by atoms with van der Waals surface area (Å²) >= 11 is 6.28. The molecule has 2 aliphatic heterocycles. The Labute approximate surface area is 176 Å². The number of amides is 1. The van der Waals surface area contributed by atoms with Gasteiger partial charge in [0.1, 0.15) is 0 Å². The van der Waals surface area contributed by atoms with Crippen LogP contribution in [0.25, 0.3) is 0 Å². The summed E-state index contributed by atoms with van der Waals surface area (Å²) in [6.45, 7) is 3.74. The summed E-state index contributed by atoms with van der Waals surface area (Å²) in [6.07, 6.45) is 1.80. The zero-order chi connectivity index (χ0) is 20.4. The van der Waals surface area contributed by atoms with Gasteiger partial charge in [-0.3, -0.25) is 4.79 Å². The molecule has 0 aromatic heterocycles. The molecule has 6 nitrogen and oxygen atoms in total. The smallest absolute Gasteiger partial charge is 0.253 e. The van der Waals surface area contributed by atoms with E-state index >= 15 is 0 Å². The minimum atomic E-state index is -3.46. The summed E-state index contributed by atoms with van der Waals surface area (Å²) in [5, 5.41) is 0.710. The van der Waals surface area contributed by atoms with Gasteiger partial charge in [0.2, 0.25) is 10.0 Å². The molecule has 29 heavy (non-hydrogen) atoms. The Morgan fingerprint density at radius 2 is 1.45 bits per heavy atom. The van der Waals surface area contributed by atoms with E-state index in [4.69, 9.17) is 11.6 Å². The summed E-state index contributed by atoms with van der Waals surface area (Å²) in [5.74, 6) is -0.0751. The molecule has 2 aromatic carbocycles. The van der Waals surface area contributed by atoms with Crippen molar-refractivity contribution in [2.75, 3.05) is 44.2 Å². The fourth-order valence-electron chi connectivity index (χ4n) is 3.89. The van der Waals surface area contributed by atoms with Crippen LogP contribution >= 0.6 is 11.6 Å². The van der Waals surface area contributed by atoms with E-state index in [1.54, 1.807) is 29.2 Å². The fourth-order valence-corrected chi connectivity index (χ4v) is 5.66. The van der Waals surface area contributed by atoms with Crippen molar-refractivity contribution in [3.05, 3.63) is 59.1 Å². The van der Waals surface area contributed by atoms with Crippen molar-refractivity contribution in [2.24, 2.45) is 0 Å². The highest BCUT2D eigenvalue weighted by atomic mass is 35.5. The quantitative estimate of drug-likeness (QED) is 0.743. The molecule has 0 saturated carbocycles. The van der Waals surface area contributed by atoms with Crippen LogP contribution in [0.3, 0.4) is 0 Å². The maximum Gasteiger partial charge on any atom is 0.253 e. The molecule has 8 heteroatoms. The van der Waals surface area contributed by atoms with Gasteiger partial charge < -0.3 is 9.80 Å². The van der Waals surface area contributed by atoms with Crippen LogP contribution in [0.1, 0.15) is 23.2 Å². The van der Waals surface area contributed by atoms with E-state index in [1.807, 2.05) is 24.3 Å². The predicted octanol–water partition coefficient (Wildman–Crippen LogP) is 3.09. The van der Waals surface area contributed by atoms with E-state index < -0.39 is 10.0 Å². The molecule has 2 fully saturated rings. The van der Waals surface area contributed by atoms with Crippen LogP contribution in [-0.4, -0.2) is 62.8 Å². The largest absolute Gasteiger partial charge is 0.367 e. The number of sulfonamides is 1. The first-order valence-corrected chi connectivity index (χ1v) is 11.7. The van der Waals surface area contributed by atoms with Gasteiger partial charge in [0.25, 0.3) is 5.91 Å². The third kappa shape index (κ3) is 4.13. The lowest BCUT2D eigenvalue weighted by Gasteiger charge is -2.36. The van der Waals surface area contributed by atoms with E-state index in [-0.39, 0.29) is 10.8 Å². The van der Waals surface area contributed by atoms with Crippen LogP contribution in [0.2, 0.25) is 5.02 Å². The zero-order valence-corrected chi connectivity index (χ0v) is 17.7. The molecule has 1 amide bonds. The van der Waals surface area contributed by atoms with Gasteiger partial charge in [-0.05, 0) is 49.2 Å². The van der Waals surface area contributed by atoms with Gasteiger partial charge in [-0.25, -0.2) is 8.42 Å². The van der Waals surface area contributed by atoms with Gasteiger partial charge in [-0.1, -0.05) is 23.7 Å². The molecular formula is C21H24ClN3O3S. The van der Waals surface area contributed by atoms with Crippen LogP contribution in [0.4, 0.5) is 5.69 Å². The summed E-state index contributed by atoms with van der Waals surface area (Å²) in [5.41, 5.74) is 1.49. The van der Waals surface area contributed by atoms with Crippen LogP contribution in [0, 0.1) is 0 Å². The van der Waals surface area contributed by atoms with E-state index in [9.17, 15) is 13.2 Å². The predicted molar refractivity (Wildman–Crippen MR) is 114 cm³/mol. The molecule has 0 N–H and O–H groups in total. The van der Waals surface area contributed by atoms with Crippen LogP contribution in [0.5, 0.6) is 0 Å². The highest BCUT2D eigenvalue weighted by Gasteiger charge is 2.28. The summed E-state index contributed by atoms with van der Waals surface area (Å²) in [6, 6.07) is 14.0. The SMILES string of the molecule is O=C(c1ccc(S(=O)(=O)N2CCCC2)cc1)N1CCN(c2ccccc2Cl)CC1. The maximum atomic E-state index is 12.8. The van der Waals surface area contributed by atoms with Crippen molar-refractivity contribution < 1.29 is 13.2 Å². The second kappa shape index (κ2) is 8.34. The molecule has 2 saturated heterocycles. The fraction of sp³-hybridized carbons (Fsp3) is 0.381. The van der Waals surface area contributed by atoms with Crippen molar-refractivity contribution in [3.8, 4) is 0 Å². The lowest BCUT2D eigenvalue weighted by Crippen LogP contribution is -2.48. The third-order valence-electron chi connectivity index (χ3n) is 5.56. The number of anilines is 1. The van der Waals surface area contributed by atoms with Crippen molar-refractivity contribution in [1.29, 1.82) is 0 Å². The Morgan fingerprint density at radius 1 is 0.828 bits per heavy atom. The second-order valence-corrected chi connectivity index (χ2v) is 9.71. The molecule has 4 rings (SSSR count). The first-order valence-electron chi connectivity index (χ1n) is 9.86. The Kier molecular flexibility index (Phi) is 5.81. The monoisotopic (exact) mass is 433 g/mol. The summed E-state index contributed by atoms with van der Waals surface area (Å²) in [4.78, 5) is 17.1. The molecule has 0 spiro atoms. The number of nitrogens with zero attached hydrogens (tertiary/aromatic N) is 3. The summed E-state index contributed by atoms with van der Waals surface area (Å²) in [7, 11) is -3.46. The molecule has 2 aliphatic rings. The van der Waals surface area contributed by atoms with Crippen LogP contribution in [0.15, 0.2) is 53.4 Å². The molecule has 0 unspecified atom stereocenters. The Balaban J connectivity index is 1.41. The average Bonchev–Trinajstić information content (AvgIpc) is 3.30. The molecular weight excluding hydrogens is 410 g/mol. The second-order valence-electron chi connectivity index (χ2n) is 7.37. The number of rotatable bonds is 4. The molecule has 0 atom stereocenters. The summed E-state index contributed by atoms with van der Waals surface area (Å²) < 4.78 is 26.8. The number of piperazine rings is 1. The Hall–Kier alpha value is -2.09. The third-order valence-corrected chi connectivity index (χ3v) is 7.80. The number of benzene rings is 2. The van der Waals surface area contributed by atoms with Gasteiger partial charge in [0.05, 0.1) is 15.6 Å². The standard InChI is InChI=1S/C21H24ClN3O3S/c22-19-5-1-2-6-20(19)23-13-15-24(16-14-23)21(26)17-7-9-18(10-8-17)29(27,28)25-11-3-4-12-25/h1-2,5-10H,3-4,11-16H2. The van der Waals surface area contributed by atoms with Gasteiger partial charge in [0.15, 0.2) is 0 Å². The van der Waals surface area contributed by atoms with Gasteiger partial charge in [-0.15, -0.1) is 0 Å². The van der Waals surface area contributed by atoms with E-state index in [2.05, 4.69) is 4.90 Å². The minimum absolute atomic E-state index is 0.0751. The average molecular weight is 434 g/mol. The van der Waals surface area contributed by atoms with E-state index in [0.29, 0.717) is 49.9 Å². The number of hydrogen-bond acceptors (Lipinski definition) is 4. The number of carbonyl (C=O) groups is 1. The first-order chi connectivity index (χ1) is 14.0. The molecule has 0 aliphatic carbocycles. The first kappa shape index (κ1) is 20.2. The number of halogens is 1. The van der Waals surface area contributed by atoms with Crippen LogP contribution < -0.4 is 4.90 Å².